The van der Waals surface area contributed by atoms with Crippen LogP contribution in [0, 0.1) is 0 Å². The van der Waals surface area contributed by atoms with E-state index in [4.69, 9.17) is 0 Å². The third kappa shape index (κ3) is 1.35. The van der Waals surface area contributed by atoms with E-state index in [1.165, 1.54) is 10.9 Å². The van der Waals surface area contributed by atoms with E-state index in [1.54, 1.807) is 17.4 Å². The van der Waals surface area contributed by atoms with Gasteiger partial charge in [0.05, 0.1) is 0 Å². The van der Waals surface area contributed by atoms with Gasteiger partial charge in [0, 0.05) is 21.0 Å². The van der Waals surface area contributed by atoms with Gasteiger partial charge in [-0.05, 0) is 18.6 Å². The van der Waals surface area contributed by atoms with Gasteiger partial charge < -0.3 is 10.2 Å². The van der Waals surface area contributed by atoms with Crippen molar-refractivity contribution in [1.29, 1.82) is 0 Å². The van der Waals surface area contributed by atoms with Gasteiger partial charge in [0.15, 0.2) is 0 Å². The van der Waals surface area contributed by atoms with Crippen molar-refractivity contribution in [1.82, 2.24) is 0 Å². The average molecular weight is 194 g/mol. The van der Waals surface area contributed by atoms with Gasteiger partial charge in [0.1, 0.15) is 11.5 Å². The van der Waals surface area contributed by atoms with Gasteiger partial charge in [-0.2, -0.15) is 0 Å². The zero-order valence-corrected chi connectivity index (χ0v) is 8.06. The van der Waals surface area contributed by atoms with E-state index >= 15 is 0 Å². The van der Waals surface area contributed by atoms with Gasteiger partial charge in [-0.15, -0.1) is 11.3 Å². The van der Waals surface area contributed by atoms with Crippen molar-refractivity contribution in [2.75, 3.05) is 0 Å². The maximum absolute atomic E-state index is 9.51. The maximum Gasteiger partial charge on any atom is 0.127 e. The average Bonchev–Trinajstić information content (AvgIpc) is 2.47. The highest BCUT2D eigenvalue weighted by Crippen LogP contribution is 2.35. The third-order valence-corrected chi connectivity index (χ3v) is 3.23. The summed E-state index contributed by atoms with van der Waals surface area (Å²) in [6, 6.07) is 5.02. The van der Waals surface area contributed by atoms with E-state index in [1.807, 2.05) is 6.07 Å². The van der Waals surface area contributed by atoms with Crippen LogP contribution >= 0.6 is 11.3 Å². The van der Waals surface area contributed by atoms with Crippen LogP contribution in [0.25, 0.3) is 10.1 Å². The number of fused-ring (bicyclic) bond motifs is 1. The molecule has 2 nitrogen and oxygen atoms in total. The van der Waals surface area contributed by atoms with E-state index in [0.717, 1.165) is 16.5 Å². The van der Waals surface area contributed by atoms with Gasteiger partial charge in [-0.3, -0.25) is 0 Å². The lowest BCUT2D eigenvalue weighted by atomic mass is 10.2. The molecule has 68 valence electrons. The lowest BCUT2D eigenvalue weighted by Crippen LogP contribution is -1.67. The van der Waals surface area contributed by atoms with Crippen molar-refractivity contribution in [3.05, 3.63) is 23.1 Å². The van der Waals surface area contributed by atoms with Crippen molar-refractivity contribution in [2.24, 2.45) is 0 Å². The first kappa shape index (κ1) is 8.38. The largest absolute Gasteiger partial charge is 0.508 e. The molecule has 0 saturated heterocycles. The summed E-state index contributed by atoms with van der Waals surface area (Å²) in [6.45, 7) is 2.07. The number of phenolic OH excluding ortho intramolecular Hbond substituents is 2. The normalized spacial score (nSPS) is 10.8. The molecule has 0 unspecified atom stereocenters. The maximum atomic E-state index is 9.51. The van der Waals surface area contributed by atoms with E-state index in [9.17, 15) is 10.2 Å². The zero-order chi connectivity index (χ0) is 9.42. The van der Waals surface area contributed by atoms with Gasteiger partial charge in [0.25, 0.3) is 0 Å². The molecular formula is C10H10O2S. The number of aromatic hydroxyl groups is 2. The molecule has 0 radical (unpaired) electrons. The molecule has 0 aliphatic heterocycles. The summed E-state index contributed by atoms with van der Waals surface area (Å²) >= 11 is 1.61. The fourth-order valence-electron chi connectivity index (χ4n) is 1.33. The van der Waals surface area contributed by atoms with E-state index < -0.39 is 0 Å². The molecule has 0 atom stereocenters. The second kappa shape index (κ2) is 2.92. The van der Waals surface area contributed by atoms with Crippen LogP contribution in [0.15, 0.2) is 18.2 Å². The Morgan fingerprint density at radius 2 is 2.00 bits per heavy atom. The van der Waals surface area contributed by atoms with Gasteiger partial charge in [0.2, 0.25) is 0 Å². The Kier molecular flexibility index (Phi) is 1.88. The molecular weight excluding hydrogens is 184 g/mol. The molecule has 2 aromatic rings. The lowest BCUT2D eigenvalue weighted by Gasteiger charge is -1.95. The number of benzene rings is 1. The number of rotatable bonds is 1. The first-order valence-corrected chi connectivity index (χ1v) is 4.96. The van der Waals surface area contributed by atoms with Crippen LogP contribution in [0.5, 0.6) is 11.5 Å². The Labute approximate surface area is 80.1 Å². The minimum Gasteiger partial charge on any atom is -0.508 e. The molecule has 3 heteroatoms. The van der Waals surface area contributed by atoms with E-state index in [0.29, 0.717) is 0 Å². The molecule has 2 rings (SSSR count). The van der Waals surface area contributed by atoms with Crippen molar-refractivity contribution in [2.45, 2.75) is 13.3 Å². The molecule has 0 aliphatic carbocycles. The summed E-state index contributed by atoms with van der Waals surface area (Å²) in [5.74, 6) is 0.278. The number of hydrogen-bond donors (Lipinski definition) is 2. The molecule has 2 N–H and O–H groups in total. The van der Waals surface area contributed by atoms with Crippen LogP contribution in [0.1, 0.15) is 11.8 Å². The summed E-state index contributed by atoms with van der Waals surface area (Å²) in [5.41, 5.74) is 0. The molecule has 0 amide bonds. The third-order valence-electron chi connectivity index (χ3n) is 2.00. The zero-order valence-electron chi connectivity index (χ0n) is 7.24. The second-order valence-electron chi connectivity index (χ2n) is 2.94. The summed E-state index contributed by atoms with van der Waals surface area (Å²) in [6.07, 6.45) is 0.958. The highest BCUT2D eigenvalue weighted by molar-refractivity contribution is 7.19. The van der Waals surface area contributed by atoms with Crippen LogP contribution < -0.4 is 0 Å². The molecule has 0 aliphatic rings. The van der Waals surface area contributed by atoms with Crippen LogP contribution in [0.3, 0.4) is 0 Å². The van der Waals surface area contributed by atoms with Crippen molar-refractivity contribution >= 4 is 21.4 Å². The van der Waals surface area contributed by atoms with Crippen LogP contribution in [-0.2, 0) is 6.42 Å². The summed E-state index contributed by atoms with van der Waals surface area (Å²) in [4.78, 5) is 1.22. The number of aryl methyl sites for hydroxylation is 1. The highest BCUT2D eigenvalue weighted by Gasteiger charge is 2.06. The highest BCUT2D eigenvalue weighted by atomic mass is 32.1. The molecule has 0 fully saturated rings. The Morgan fingerprint density at radius 1 is 1.23 bits per heavy atom. The van der Waals surface area contributed by atoms with Crippen molar-refractivity contribution in [3.63, 3.8) is 0 Å². The molecule has 1 heterocycles. The standard InChI is InChI=1S/C10H10O2S/c1-2-7-5-8-9(12)3-6(11)4-10(8)13-7/h3-5,11-12H,2H2,1H3. The first-order valence-electron chi connectivity index (χ1n) is 4.15. The Hall–Kier alpha value is -1.22. The van der Waals surface area contributed by atoms with Crippen LogP contribution in [-0.4, -0.2) is 10.2 Å². The van der Waals surface area contributed by atoms with E-state index in [-0.39, 0.29) is 11.5 Å². The topological polar surface area (TPSA) is 40.5 Å². The molecule has 0 spiro atoms. The van der Waals surface area contributed by atoms with Crippen molar-refractivity contribution in [3.8, 4) is 11.5 Å². The van der Waals surface area contributed by atoms with Gasteiger partial charge >= 0.3 is 0 Å². The summed E-state index contributed by atoms with van der Waals surface area (Å²) in [5, 5.41) is 19.6. The fourth-order valence-corrected chi connectivity index (χ4v) is 2.39. The number of hydrogen-bond acceptors (Lipinski definition) is 3. The molecule has 0 bridgehead atoms. The summed E-state index contributed by atoms with van der Waals surface area (Å²) < 4.78 is 0.939. The Morgan fingerprint density at radius 3 is 2.69 bits per heavy atom. The van der Waals surface area contributed by atoms with Gasteiger partial charge in [-0.1, -0.05) is 6.92 Å². The fraction of sp³-hybridized carbons (Fsp3) is 0.200. The minimum atomic E-state index is 0.120. The predicted octanol–water partition coefficient (Wildman–Crippen LogP) is 2.87. The van der Waals surface area contributed by atoms with Crippen LogP contribution in [0.2, 0.25) is 0 Å². The SMILES string of the molecule is CCc1cc2c(O)cc(O)cc2s1. The Balaban J connectivity index is 2.75. The molecule has 0 saturated carbocycles. The first-order chi connectivity index (χ1) is 6.20. The smallest absolute Gasteiger partial charge is 0.127 e. The van der Waals surface area contributed by atoms with Crippen LogP contribution in [0.4, 0.5) is 0 Å². The molecule has 1 aromatic carbocycles. The second-order valence-corrected chi connectivity index (χ2v) is 4.11. The molecule has 13 heavy (non-hydrogen) atoms. The minimum absolute atomic E-state index is 0.120. The summed E-state index contributed by atoms with van der Waals surface area (Å²) in [7, 11) is 0. The Bertz CT molecular complexity index is 445. The van der Waals surface area contributed by atoms with Gasteiger partial charge in [-0.25, -0.2) is 0 Å². The number of phenols is 2. The monoisotopic (exact) mass is 194 g/mol. The quantitative estimate of drug-likeness (QED) is 0.732. The van der Waals surface area contributed by atoms with Crippen molar-refractivity contribution < 1.29 is 10.2 Å². The molecule has 1 aromatic heterocycles. The lowest BCUT2D eigenvalue weighted by molar-refractivity contribution is 0.455. The number of thiophene rings is 1. The predicted molar refractivity (Wildman–Crippen MR) is 54.5 cm³/mol. The van der Waals surface area contributed by atoms with E-state index in [2.05, 4.69) is 6.92 Å².